The van der Waals surface area contributed by atoms with E-state index in [0.29, 0.717) is 12.2 Å². The van der Waals surface area contributed by atoms with Gasteiger partial charge in [-0.2, -0.15) is 0 Å². The molecular formula is C13H13N3O. The van der Waals surface area contributed by atoms with E-state index in [1.807, 2.05) is 34.9 Å². The third kappa shape index (κ3) is 2.60. The van der Waals surface area contributed by atoms with Gasteiger partial charge >= 0.3 is 0 Å². The fraction of sp³-hybridized carbons (Fsp3) is 0.0769. The Kier molecular flexibility index (Phi) is 3.35. The van der Waals surface area contributed by atoms with E-state index < -0.39 is 0 Å². The minimum absolute atomic E-state index is 0.195. The van der Waals surface area contributed by atoms with Gasteiger partial charge in [0.2, 0.25) is 0 Å². The third-order valence-corrected chi connectivity index (χ3v) is 2.28. The molecule has 0 atom stereocenters. The topological polar surface area (TPSA) is 46.9 Å². The second-order valence-electron chi connectivity index (χ2n) is 3.50. The first kappa shape index (κ1) is 11.1. The van der Waals surface area contributed by atoms with Crippen LogP contribution >= 0.6 is 0 Å². The standard InChI is InChI=1S/C13H13N3O/c1-2-8-14-13(17)12-9-16(10-15-12)11-6-4-3-5-7-11/h2-7,9-10H,1,8H2,(H,14,17). The Labute approximate surface area is 99.6 Å². The van der Waals surface area contributed by atoms with Gasteiger partial charge in [-0.3, -0.25) is 4.79 Å². The minimum atomic E-state index is -0.195. The average Bonchev–Trinajstić information content (AvgIpc) is 2.86. The molecule has 17 heavy (non-hydrogen) atoms. The highest BCUT2D eigenvalue weighted by Crippen LogP contribution is 2.07. The van der Waals surface area contributed by atoms with E-state index in [0.717, 1.165) is 5.69 Å². The Morgan fingerprint density at radius 3 is 2.88 bits per heavy atom. The Hall–Kier alpha value is -2.36. The van der Waals surface area contributed by atoms with Gasteiger partial charge in [-0.1, -0.05) is 24.3 Å². The molecule has 1 N–H and O–H groups in total. The molecule has 0 saturated carbocycles. The number of carbonyl (C=O) groups excluding carboxylic acids is 1. The van der Waals surface area contributed by atoms with Crippen molar-refractivity contribution >= 4 is 5.91 Å². The van der Waals surface area contributed by atoms with Gasteiger partial charge in [0.25, 0.3) is 5.91 Å². The predicted molar refractivity (Wildman–Crippen MR) is 66.1 cm³/mol. The molecule has 86 valence electrons. The Morgan fingerprint density at radius 2 is 2.18 bits per heavy atom. The fourth-order valence-corrected chi connectivity index (χ4v) is 1.44. The van der Waals surface area contributed by atoms with E-state index in [1.165, 1.54) is 0 Å². The molecule has 0 fully saturated rings. The van der Waals surface area contributed by atoms with Crippen molar-refractivity contribution in [1.29, 1.82) is 0 Å². The molecule has 0 radical (unpaired) electrons. The molecule has 0 aliphatic rings. The zero-order valence-electron chi connectivity index (χ0n) is 9.34. The highest BCUT2D eigenvalue weighted by molar-refractivity contribution is 5.92. The molecule has 1 aromatic carbocycles. The molecule has 0 aliphatic heterocycles. The number of imidazole rings is 1. The average molecular weight is 227 g/mol. The summed E-state index contributed by atoms with van der Waals surface area (Å²) in [6, 6.07) is 9.72. The maximum atomic E-state index is 11.6. The summed E-state index contributed by atoms with van der Waals surface area (Å²) >= 11 is 0. The van der Waals surface area contributed by atoms with Gasteiger partial charge in [-0.25, -0.2) is 4.98 Å². The van der Waals surface area contributed by atoms with Crippen LogP contribution in [0.4, 0.5) is 0 Å². The number of amides is 1. The summed E-state index contributed by atoms with van der Waals surface area (Å²) in [5.41, 5.74) is 1.37. The molecule has 0 spiro atoms. The second-order valence-corrected chi connectivity index (χ2v) is 3.50. The smallest absolute Gasteiger partial charge is 0.271 e. The van der Waals surface area contributed by atoms with Crippen LogP contribution in [0.25, 0.3) is 5.69 Å². The van der Waals surface area contributed by atoms with E-state index in [-0.39, 0.29) is 5.91 Å². The zero-order chi connectivity index (χ0) is 12.1. The lowest BCUT2D eigenvalue weighted by Gasteiger charge is -2.00. The molecule has 0 unspecified atom stereocenters. The van der Waals surface area contributed by atoms with Crippen LogP contribution in [-0.4, -0.2) is 22.0 Å². The van der Waals surface area contributed by atoms with Crippen LogP contribution in [0.2, 0.25) is 0 Å². The quantitative estimate of drug-likeness (QED) is 0.809. The predicted octanol–water partition coefficient (Wildman–Crippen LogP) is 1.79. The second kappa shape index (κ2) is 5.12. The Balaban J connectivity index is 2.16. The zero-order valence-corrected chi connectivity index (χ0v) is 9.34. The summed E-state index contributed by atoms with van der Waals surface area (Å²) in [5.74, 6) is -0.195. The molecular weight excluding hydrogens is 214 g/mol. The van der Waals surface area contributed by atoms with Crippen molar-refractivity contribution in [2.75, 3.05) is 6.54 Å². The van der Waals surface area contributed by atoms with Gasteiger partial charge in [0.15, 0.2) is 0 Å². The first-order valence-electron chi connectivity index (χ1n) is 5.30. The third-order valence-electron chi connectivity index (χ3n) is 2.28. The lowest BCUT2D eigenvalue weighted by molar-refractivity contribution is 0.0953. The van der Waals surface area contributed by atoms with E-state index in [1.54, 1.807) is 18.6 Å². The van der Waals surface area contributed by atoms with Crippen LogP contribution in [-0.2, 0) is 0 Å². The molecule has 0 saturated heterocycles. The van der Waals surface area contributed by atoms with Crippen LogP contribution in [0, 0.1) is 0 Å². The number of nitrogens with zero attached hydrogens (tertiary/aromatic N) is 2. The SMILES string of the molecule is C=CCNC(=O)c1cn(-c2ccccc2)cn1. The van der Waals surface area contributed by atoms with Crippen LogP contribution in [0.3, 0.4) is 0 Å². The number of para-hydroxylation sites is 1. The number of nitrogens with one attached hydrogen (secondary N) is 1. The summed E-state index contributed by atoms with van der Waals surface area (Å²) in [5, 5.41) is 2.68. The van der Waals surface area contributed by atoms with Crippen LogP contribution in [0.15, 0.2) is 55.5 Å². The number of aromatic nitrogens is 2. The monoisotopic (exact) mass is 227 g/mol. The normalized spacial score (nSPS) is 9.88. The molecule has 0 bridgehead atoms. The molecule has 4 nitrogen and oxygen atoms in total. The largest absolute Gasteiger partial charge is 0.347 e. The van der Waals surface area contributed by atoms with Gasteiger partial charge in [-0.05, 0) is 12.1 Å². The summed E-state index contributed by atoms with van der Waals surface area (Å²) in [6.45, 7) is 3.98. The molecule has 1 aromatic heterocycles. The van der Waals surface area contributed by atoms with Crippen molar-refractivity contribution in [2.24, 2.45) is 0 Å². The van der Waals surface area contributed by atoms with Gasteiger partial charge < -0.3 is 9.88 Å². The van der Waals surface area contributed by atoms with E-state index in [9.17, 15) is 4.79 Å². The first-order chi connectivity index (χ1) is 8.31. The van der Waals surface area contributed by atoms with Gasteiger partial charge in [0.1, 0.15) is 12.0 Å². The summed E-state index contributed by atoms with van der Waals surface area (Å²) in [4.78, 5) is 15.7. The number of carbonyl (C=O) groups is 1. The van der Waals surface area contributed by atoms with Crippen molar-refractivity contribution in [3.63, 3.8) is 0 Å². The highest BCUT2D eigenvalue weighted by atomic mass is 16.1. The Bertz CT molecular complexity index is 516. The maximum Gasteiger partial charge on any atom is 0.271 e. The lowest BCUT2D eigenvalue weighted by Crippen LogP contribution is -2.23. The molecule has 4 heteroatoms. The molecule has 2 rings (SSSR count). The molecule has 1 heterocycles. The van der Waals surface area contributed by atoms with Gasteiger partial charge in [0, 0.05) is 18.4 Å². The lowest BCUT2D eigenvalue weighted by atomic mass is 10.3. The van der Waals surface area contributed by atoms with Crippen molar-refractivity contribution in [3.05, 3.63) is 61.2 Å². The highest BCUT2D eigenvalue weighted by Gasteiger charge is 2.08. The maximum absolute atomic E-state index is 11.6. The van der Waals surface area contributed by atoms with Crippen LogP contribution in [0.5, 0.6) is 0 Å². The van der Waals surface area contributed by atoms with Gasteiger partial charge in [0.05, 0.1) is 0 Å². The minimum Gasteiger partial charge on any atom is -0.347 e. The summed E-state index contributed by atoms with van der Waals surface area (Å²) in [7, 11) is 0. The summed E-state index contributed by atoms with van der Waals surface area (Å²) in [6.07, 6.45) is 4.96. The molecule has 0 aliphatic carbocycles. The van der Waals surface area contributed by atoms with Crippen molar-refractivity contribution in [1.82, 2.24) is 14.9 Å². The van der Waals surface area contributed by atoms with Crippen LogP contribution < -0.4 is 5.32 Å². The van der Waals surface area contributed by atoms with Crippen LogP contribution in [0.1, 0.15) is 10.5 Å². The molecule has 2 aromatic rings. The van der Waals surface area contributed by atoms with E-state index >= 15 is 0 Å². The number of benzene rings is 1. The van der Waals surface area contributed by atoms with E-state index in [4.69, 9.17) is 0 Å². The van der Waals surface area contributed by atoms with E-state index in [2.05, 4.69) is 16.9 Å². The summed E-state index contributed by atoms with van der Waals surface area (Å²) < 4.78 is 1.81. The van der Waals surface area contributed by atoms with Crippen molar-refractivity contribution < 1.29 is 4.79 Å². The molecule has 1 amide bonds. The number of hydrogen-bond acceptors (Lipinski definition) is 2. The van der Waals surface area contributed by atoms with Gasteiger partial charge in [-0.15, -0.1) is 6.58 Å². The van der Waals surface area contributed by atoms with Crippen molar-refractivity contribution in [2.45, 2.75) is 0 Å². The number of rotatable bonds is 4. The number of hydrogen-bond donors (Lipinski definition) is 1. The first-order valence-corrected chi connectivity index (χ1v) is 5.30. The Morgan fingerprint density at radius 1 is 1.41 bits per heavy atom. The van der Waals surface area contributed by atoms with Crippen molar-refractivity contribution in [3.8, 4) is 5.69 Å². The fourth-order valence-electron chi connectivity index (χ4n) is 1.44.